The zero-order valence-electron chi connectivity index (χ0n) is 32.4. The van der Waals surface area contributed by atoms with Gasteiger partial charge >= 0.3 is 0 Å². The Morgan fingerprint density at radius 3 is 2.53 bits per heavy atom. The van der Waals surface area contributed by atoms with Gasteiger partial charge in [0.25, 0.3) is 5.91 Å². The molecular formula is C42H58ClN3O6S3. The molecule has 4 heterocycles. The molecule has 2 aromatic carbocycles. The number of aryl methyl sites for hydroxylation is 1. The van der Waals surface area contributed by atoms with Gasteiger partial charge in [-0.05, 0) is 149 Å². The highest BCUT2D eigenvalue weighted by Crippen LogP contribution is 2.53. The standard InChI is InChI=1S/C36H45ClN2O5S3.C6H13NO/c1-23-6-3-15-36(41,34-45-16-5-17-46-34)30-11-8-27(30)20-39-21-35(14-4-7-25-18-28(37)10-12-29(25)35)22-44-32-13-9-26(19-31(32)39)33(40)38-47(42,43)24(23)2;1-8-6-2-4-7-5-3-6/h3,9-10,12-13,15,18-19,23-24,27,30,34,41H,4-8,11,14,16-17,20-22H2,1-2H3,(H,38,40);6-7H,2-5H2,1H3/b15-3+;/t23-,24+,27-,30+,35-,36-;/m0./s1. The van der Waals surface area contributed by atoms with Crippen molar-refractivity contribution in [1.82, 2.24) is 10.0 Å². The van der Waals surface area contributed by atoms with Crippen molar-refractivity contribution < 1.29 is 27.8 Å². The molecule has 55 heavy (non-hydrogen) atoms. The second kappa shape index (κ2) is 17.5. The number of aliphatic hydroxyl groups is 1. The van der Waals surface area contributed by atoms with Gasteiger partial charge in [-0.25, -0.2) is 13.1 Å². The van der Waals surface area contributed by atoms with Gasteiger partial charge in [0.05, 0.1) is 28.2 Å². The van der Waals surface area contributed by atoms with E-state index in [0.717, 1.165) is 73.8 Å². The van der Waals surface area contributed by atoms with Crippen LogP contribution in [0.1, 0.15) is 86.7 Å². The molecule has 6 atom stereocenters. The number of thioether (sulfide) groups is 2. The van der Waals surface area contributed by atoms with Crippen molar-refractivity contribution in [1.29, 1.82) is 0 Å². The lowest BCUT2D eigenvalue weighted by atomic mass is 9.64. The number of hydrogen-bond acceptors (Lipinski definition) is 10. The number of carbonyl (C=O) groups excluding carboxylic acids is 1. The summed E-state index contributed by atoms with van der Waals surface area (Å²) in [6.07, 6.45) is 13.4. The number of benzene rings is 2. The van der Waals surface area contributed by atoms with Crippen LogP contribution in [-0.4, -0.2) is 92.4 Å². The monoisotopic (exact) mass is 831 g/mol. The number of amides is 1. The summed E-state index contributed by atoms with van der Waals surface area (Å²) in [6.45, 7) is 7.69. The zero-order valence-corrected chi connectivity index (χ0v) is 35.6. The Morgan fingerprint density at radius 1 is 1.04 bits per heavy atom. The lowest BCUT2D eigenvalue weighted by molar-refractivity contribution is -0.0333. The summed E-state index contributed by atoms with van der Waals surface area (Å²) in [5.41, 5.74) is 2.32. The van der Waals surface area contributed by atoms with E-state index in [9.17, 15) is 18.3 Å². The van der Waals surface area contributed by atoms with Gasteiger partial charge in [-0.15, -0.1) is 23.5 Å². The molecule has 1 amide bonds. The third-order valence-corrected chi connectivity index (χ3v) is 18.4. The maximum atomic E-state index is 13.5. The van der Waals surface area contributed by atoms with Gasteiger partial charge in [0.2, 0.25) is 10.0 Å². The molecule has 0 radical (unpaired) electrons. The topological polar surface area (TPSA) is 117 Å². The van der Waals surface area contributed by atoms with Crippen LogP contribution in [0.3, 0.4) is 0 Å². The second-order valence-corrected chi connectivity index (χ2v) is 21.7. The van der Waals surface area contributed by atoms with E-state index in [1.165, 1.54) is 24.0 Å². The molecule has 1 spiro atoms. The number of nitrogens with zero attached hydrogens (tertiary/aromatic N) is 1. The summed E-state index contributed by atoms with van der Waals surface area (Å²) in [5, 5.41) is 15.9. The van der Waals surface area contributed by atoms with Crippen LogP contribution < -0.4 is 19.7 Å². The van der Waals surface area contributed by atoms with Crippen LogP contribution >= 0.6 is 35.1 Å². The number of halogens is 1. The number of carbonyl (C=O) groups is 1. The summed E-state index contributed by atoms with van der Waals surface area (Å²) in [7, 11) is -2.17. The number of anilines is 1. The highest BCUT2D eigenvalue weighted by Gasteiger charge is 2.52. The maximum Gasteiger partial charge on any atom is 0.264 e. The van der Waals surface area contributed by atoms with E-state index in [2.05, 4.69) is 27.1 Å². The normalized spacial score (nSPS) is 33.3. The number of piperidine rings is 1. The number of sulfonamides is 1. The Kier molecular flexibility index (Phi) is 13.1. The van der Waals surface area contributed by atoms with Gasteiger partial charge in [-0.1, -0.05) is 36.7 Å². The number of allylic oxidation sites excluding steroid dienone is 1. The Balaban J connectivity index is 0.000000518. The van der Waals surface area contributed by atoms with Crippen LogP contribution in [0.15, 0.2) is 48.6 Å². The smallest absolute Gasteiger partial charge is 0.264 e. The van der Waals surface area contributed by atoms with Gasteiger partial charge in [0.1, 0.15) is 11.4 Å². The average molecular weight is 833 g/mol. The van der Waals surface area contributed by atoms with Crippen LogP contribution in [0, 0.1) is 17.8 Å². The second-order valence-electron chi connectivity index (χ2n) is 16.5. The molecule has 2 saturated heterocycles. The van der Waals surface area contributed by atoms with Gasteiger partial charge in [0.15, 0.2) is 0 Å². The molecule has 2 aliphatic carbocycles. The number of fused-ring (bicyclic) bond motifs is 4. The summed E-state index contributed by atoms with van der Waals surface area (Å²) in [6, 6.07) is 11.5. The quantitative estimate of drug-likeness (QED) is 0.269. The SMILES string of the molecule is COC1CCNCC1.C[C@@H]1[C@@H](C)C/C=C/[C@@](O)(C2SCCCS2)[C@@H]2CC[C@H]2CN2C[C@@]3(CCCc4cc(Cl)ccc43)COc3ccc(cc32)C(=O)NS1(=O)=O. The van der Waals surface area contributed by atoms with Crippen molar-refractivity contribution in [3.8, 4) is 5.75 Å². The van der Waals surface area contributed by atoms with Gasteiger partial charge in [-0.3, -0.25) is 4.79 Å². The molecular weight excluding hydrogens is 774 g/mol. The molecule has 9 nitrogen and oxygen atoms in total. The van der Waals surface area contributed by atoms with Crippen molar-refractivity contribution in [3.05, 3.63) is 70.3 Å². The molecule has 2 aromatic rings. The molecule has 0 unspecified atom stereocenters. The highest BCUT2D eigenvalue weighted by molar-refractivity contribution is 8.17. The molecule has 3 fully saturated rings. The van der Waals surface area contributed by atoms with Crippen molar-refractivity contribution in [2.45, 2.75) is 98.6 Å². The molecule has 13 heteroatoms. The van der Waals surface area contributed by atoms with E-state index in [-0.39, 0.29) is 33.3 Å². The summed E-state index contributed by atoms with van der Waals surface area (Å²) in [5.74, 6) is 2.18. The summed E-state index contributed by atoms with van der Waals surface area (Å²) < 4.78 is 41.0. The van der Waals surface area contributed by atoms with Crippen molar-refractivity contribution in [3.63, 3.8) is 0 Å². The fourth-order valence-electron chi connectivity index (χ4n) is 9.35. The first-order valence-electron chi connectivity index (χ1n) is 20.2. The zero-order chi connectivity index (χ0) is 38.8. The molecule has 302 valence electrons. The van der Waals surface area contributed by atoms with Gasteiger partial charge < -0.3 is 24.8 Å². The minimum Gasteiger partial charge on any atom is -0.490 e. The fraction of sp³-hybridized carbons (Fsp3) is 0.643. The van der Waals surface area contributed by atoms with E-state index in [4.69, 9.17) is 21.1 Å². The molecule has 8 rings (SSSR count). The lowest BCUT2D eigenvalue weighted by Gasteiger charge is -2.51. The van der Waals surface area contributed by atoms with Crippen LogP contribution in [0.25, 0.3) is 0 Å². The van der Waals surface area contributed by atoms with Crippen LogP contribution in [0.5, 0.6) is 5.75 Å². The molecule has 2 bridgehead atoms. The third-order valence-electron chi connectivity index (χ3n) is 13.0. The van der Waals surface area contributed by atoms with Crippen molar-refractivity contribution in [2.24, 2.45) is 17.8 Å². The van der Waals surface area contributed by atoms with Gasteiger partial charge in [0, 0.05) is 36.2 Å². The number of hydrogen-bond donors (Lipinski definition) is 3. The maximum absolute atomic E-state index is 13.5. The third kappa shape index (κ3) is 8.91. The number of ether oxygens (including phenoxy) is 2. The molecule has 4 aliphatic heterocycles. The van der Waals surface area contributed by atoms with E-state index in [1.807, 2.05) is 54.7 Å². The number of rotatable bonds is 2. The largest absolute Gasteiger partial charge is 0.490 e. The van der Waals surface area contributed by atoms with Crippen LogP contribution in [0.2, 0.25) is 5.02 Å². The minimum absolute atomic E-state index is 0.0302. The lowest BCUT2D eigenvalue weighted by Crippen LogP contribution is -2.55. The molecule has 1 saturated carbocycles. The number of nitrogens with one attached hydrogen (secondary N) is 2. The van der Waals surface area contributed by atoms with Crippen molar-refractivity contribution in [2.75, 3.05) is 56.3 Å². The van der Waals surface area contributed by atoms with Crippen LogP contribution in [-0.2, 0) is 26.6 Å². The number of methoxy groups -OCH3 is 1. The summed E-state index contributed by atoms with van der Waals surface area (Å²) in [4.78, 5) is 15.9. The Bertz CT molecular complexity index is 1820. The molecule has 6 aliphatic rings. The Hall–Kier alpha value is -1.93. The average Bonchev–Trinajstić information content (AvgIpc) is 3.33. The van der Waals surface area contributed by atoms with Gasteiger partial charge in [-0.2, -0.15) is 0 Å². The molecule has 0 aromatic heterocycles. The van der Waals surface area contributed by atoms with Crippen LogP contribution in [0.4, 0.5) is 5.69 Å². The van der Waals surface area contributed by atoms with E-state index < -0.39 is 26.8 Å². The van der Waals surface area contributed by atoms with E-state index >= 15 is 0 Å². The first kappa shape index (κ1) is 41.2. The Labute approximate surface area is 341 Å². The minimum atomic E-state index is -3.95. The Morgan fingerprint density at radius 2 is 1.82 bits per heavy atom. The van der Waals surface area contributed by atoms with Crippen molar-refractivity contribution >= 4 is 56.7 Å². The fourth-order valence-corrected chi connectivity index (χ4v) is 14.1. The van der Waals surface area contributed by atoms with E-state index in [1.54, 1.807) is 26.2 Å². The predicted octanol–water partition coefficient (Wildman–Crippen LogP) is 7.20. The first-order chi connectivity index (χ1) is 26.4. The molecule has 3 N–H and O–H groups in total. The summed E-state index contributed by atoms with van der Waals surface area (Å²) >= 11 is 10.2. The van der Waals surface area contributed by atoms with E-state index in [0.29, 0.717) is 38.0 Å². The predicted molar refractivity (Wildman–Crippen MR) is 226 cm³/mol. The first-order valence-corrected chi connectivity index (χ1v) is 24.2. The highest BCUT2D eigenvalue weighted by atomic mass is 35.5.